The molecule has 3 aromatic carbocycles. The lowest BCUT2D eigenvalue weighted by molar-refractivity contribution is -0.274. The molecular formula is C32H32F4O. The number of halogens is 4. The van der Waals surface area contributed by atoms with Crippen LogP contribution in [-0.2, 0) is 6.42 Å². The summed E-state index contributed by atoms with van der Waals surface area (Å²) in [6.45, 7) is 2.08. The molecule has 0 N–H and O–H groups in total. The third-order valence-corrected chi connectivity index (χ3v) is 7.23. The van der Waals surface area contributed by atoms with Gasteiger partial charge >= 0.3 is 6.36 Å². The zero-order chi connectivity index (χ0) is 26.3. The molecule has 1 aliphatic rings. The number of hydrogen-bond donors (Lipinski definition) is 0. The maximum atomic E-state index is 15.1. The smallest absolute Gasteiger partial charge is 0.406 e. The molecule has 1 nitrogen and oxygen atoms in total. The molecule has 0 bridgehead atoms. The molecule has 1 fully saturated rings. The van der Waals surface area contributed by atoms with Crippen molar-refractivity contribution in [3.63, 3.8) is 0 Å². The lowest BCUT2D eigenvalue weighted by Gasteiger charge is -2.28. The number of aryl methyl sites for hydroxylation is 1. The second-order valence-electron chi connectivity index (χ2n) is 9.88. The van der Waals surface area contributed by atoms with Crippen LogP contribution in [0.4, 0.5) is 17.6 Å². The van der Waals surface area contributed by atoms with Crippen LogP contribution < -0.4 is 4.74 Å². The van der Waals surface area contributed by atoms with E-state index in [1.54, 1.807) is 6.07 Å². The van der Waals surface area contributed by atoms with Crippen LogP contribution in [0, 0.1) is 29.5 Å². The standard InChI is InChI=1S/C32H32F4O/c1-2-3-4-5-23-6-8-24(9-7-23)10-11-26-15-21-30-28(22-26)18-17-27(31(30)33)16-12-25-13-19-29(20-14-25)37-32(34,35)36/h2-3,13-15,17-24H,4-11H2,1H3/b3-2+. The number of fused-ring (bicyclic) bond motifs is 1. The van der Waals surface area contributed by atoms with Gasteiger partial charge in [-0.05, 0) is 85.7 Å². The number of benzene rings is 3. The van der Waals surface area contributed by atoms with Crippen molar-refractivity contribution in [2.75, 3.05) is 0 Å². The minimum absolute atomic E-state index is 0.252. The highest BCUT2D eigenvalue weighted by Gasteiger charge is 2.30. The van der Waals surface area contributed by atoms with Gasteiger partial charge in [-0.2, -0.15) is 0 Å². The predicted octanol–water partition coefficient (Wildman–Crippen LogP) is 9.37. The fourth-order valence-corrected chi connectivity index (χ4v) is 5.15. The molecule has 3 aromatic rings. The summed E-state index contributed by atoms with van der Waals surface area (Å²) in [5.41, 5.74) is 1.94. The highest BCUT2D eigenvalue weighted by atomic mass is 19.4. The van der Waals surface area contributed by atoms with E-state index in [-0.39, 0.29) is 17.1 Å². The lowest BCUT2D eigenvalue weighted by Crippen LogP contribution is -2.16. The molecule has 37 heavy (non-hydrogen) atoms. The summed E-state index contributed by atoms with van der Waals surface area (Å²) >= 11 is 0. The third kappa shape index (κ3) is 7.86. The minimum Gasteiger partial charge on any atom is -0.406 e. The molecule has 0 aliphatic heterocycles. The lowest BCUT2D eigenvalue weighted by atomic mass is 9.78. The Morgan fingerprint density at radius 2 is 1.59 bits per heavy atom. The van der Waals surface area contributed by atoms with Crippen molar-refractivity contribution in [3.05, 3.63) is 89.3 Å². The molecule has 1 saturated carbocycles. The van der Waals surface area contributed by atoms with Gasteiger partial charge in [-0.15, -0.1) is 13.2 Å². The van der Waals surface area contributed by atoms with E-state index in [4.69, 9.17) is 0 Å². The number of ether oxygens (including phenoxy) is 1. The van der Waals surface area contributed by atoms with Crippen molar-refractivity contribution in [1.29, 1.82) is 0 Å². The van der Waals surface area contributed by atoms with E-state index < -0.39 is 6.36 Å². The van der Waals surface area contributed by atoms with Crippen LogP contribution in [0.25, 0.3) is 10.8 Å². The van der Waals surface area contributed by atoms with Crippen LogP contribution in [0.2, 0.25) is 0 Å². The first-order valence-corrected chi connectivity index (χ1v) is 13.0. The van der Waals surface area contributed by atoms with Crippen molar-refractivity contribution in [3.8, 4) is 17.6 Å². The zero-order valence-corrected chi connectivity index (χ0v) is 21.1. The first kappa shape index (κ1) is 26.8. The van der Waals surface area contributed by atoms with E-state index in [1.807, 2.05) is 18.2 Å². The van der Waals surface area contributed by atoms with Crippen molar-refractivity contribution in [2.45, 2.75) is 64.7 Å². The maximum Gasteiger partial charge on any atom is 0.573 e. The number of alkyl halides is 3. The average molecular weight is 509 g/mol. The molecule has 4 rings (SSSR count). The van der Waals surface area contributed by atoms with Crippen molar-refractivity contribution < 1.29 is 22.3 Å². The summed E-state index contributed by atoms with van der Waals surface area (Å²) in [5.74, 6) is 6.55. The quantitative estimate of drug-likeness (QED) is 0.175. The van der Waals surface area contributed by atoms with Gasteiger partial charge in [0.15, 0.2) is 0 Å². The Balaban J connectivity index is 1.35. The maximum absolute atomic E-state index is 15.1. The van der Waals surface area contributed by atoms with Gasteiger partial charge in [0.2, 0.25) is 0 Å². The monoisotopic (exact) mass is 508 g/mol. The van der Waals surface area contributed by atoms with Crippen LogP contribution in [0.3, 0.4) is 0 Å². The van der Waals surface area contributed by atoms with Crippen molar-refractivity contribution in [2.24, 2.45) is 11.8 Å². The highest BCUT2D eigenvalue weighted by Crippen LogP contribution is 2.34. The molecule has 194 valence electrons. The van der Waals surface area contributed by atoms with Gasteiger partial charge in [0.1, 0.15) is 11.6 Å². The van der Waals surface area contributed by atoms with Gasteiger partial charge in [0.05, 0.1) is 5.56 Å². The molecule has 0 amide bonds. The zero-order valence-electron chi connectivity index (χ0n) is 21.1. The van der Waals surface area contributed by atoms with Gasteiger partial charge in [-0.25, -0.2) is 4.39 Å². The molecule has 0 atom stereocenters. The fourth-order valence-electron chi connectivity index (χ4n) is 5.15. The Morgan fingerprint density at radius 3 is 2.27 bits per heavy atom. The normalized spacial score (nSPS) is 18.1. The Bertz CT molecular complexity index is 1270. The predicted molar refractivity (Wildman–Crippen MR) is 141 cm³/mol. The molecule has 0 spiro atoms. The first-order chi connectivity index (χ1) is 17.8. The number of rotatable bonds is 7. The van der Waals surface area contributed by atoms with E-state index in [0.29, 0.717) is 10.9 Å². The van der Waals surface area contributed by atoms with Crippen molar-refractivity contribution in [1.82, 2.24) is 0 Å². The van der Waals surface area contributed by atoms with Gasteiger partial charge in [0.25, 0.3) is 0 Å². The molecule has 0 radical (unpaired) electrons. The van der Waals surface area contributed by atoms with Gasteiger partial charge in [-0.3, -0.25) is 0 Å². The molecule has 0 saturated heterocycles. The van der Waals surface area contributed by atoms with Crippen LogP contribution in [0.1, 0.15) is 68.6 Å². The summed E-state index contributed by atoms with van der Waals surface area (Å²) in [5, 5.41) is 1.37. The Labute approximate surface area is 216 Å². The summed E-state index contributed by atoms with van der Waals surface area (Å²) in [6.07, 6.45) is 9.62. The molecule has 5 heteroatoms. The minimum atomic E-state index is -4.74. The second-order valence-corrected chi connectivity index (χ2v) is 9.88. The van der Waals surface area contributed by atoms with Crippen LogP contribution in [-0.4, -0.2) is 6.36 Å². The van der Waals surface area contributed by atoms with Crippen LogP contribution in [0.15, 0.2) is 66.7 Å². The summed E-state index contributed by atoms with van der Waals surface area (Å²) in [7, 11) is 0. The molecule has 0 aromatic heterocycles. The SMILES string of the molecule is C/C=C/CCC1CCC(CCc2ccc3c(F)c(C#Cc4ccc(OC(F)(F)F)cc4)ccc3c2)CC1. The second kappa shape index (κ2) is 12.3. The molecule has 0 heterocycles. The van der Waals surface area contributed by atoms with Gasteiger partial charge < -0.3 is 4.74 Å². The summed E-state index contributed by atoms with van der Waals surface area (Å²) < 4.78 is 55.9. The summed E-state index contributed by atoms with van der Waals surface area (Å²) in [6, 6.07) is 14.6. The summed E-state index contributed by atoms with van der Waals surface area (Å²) in [4.78, 5) is 0. The Kier molecular flexibility index (Phi) is 8.92. The first-order valence-electron chi connectivity index (χ1n) is 13.0. The molecular weight excluding hydrogens is 476 g/mol. The largest absolute Gasteiger partial charge is 0.573 e. The molecule has 0 unspecified atom stereocenters. The average Bonchev–Trinajstić information content (AvgIpc) is 2.88. The number of hydrogen-bond acceptors (Lipinski definition) is 1. The van der Waals surface area contributed by atoms with E-state index in [0.717, 1.165) is 23.6 Å². The number of allylic oxidation sites excluding steroid dienone is 2. The van der Waals surface area contributed by atoms with Gasteiger partial charge in [0, 0.05) is 10.9 Å². The fraction of sp³-hybridized carbons (Fsp3) is 0.375. The van der Waals surface area contributed by atoms with Crippen molar-refractivity contribution >= 4 is 10.8 Å². The third-order valence-electron chi connectivity index (χ3n) is 7.23. The van der Waals surface area contributed by atoms with E-state index in [1.165, 1.54) is 74.8 Å². The Hall–Kier alpha value is -3.26. The van der Waals surface area contributed by atoms with Crippen LogP contribution in [0.5, 0.6) is 5.75 Å². The Morgan fingerprint density at radius 1 is 0.892 bits per heavy atom. The topological polar surface area (TPSA) is 9.23 Å². The highest BCUT2D eigenvalue weighted by molar-refractivity contribution is 5.85. The molecule has 1 aliphatic carbocycles. The van der Waals surface area contributed by atoms with E-state index >= 15 is 4.39 Å². The van der Waals surface area contributed by atoms with E-state index in [9.17, 15) is 13.2 Å². The van der Waals surface area contributed by atoms with E-state index in [2.05, 4.69) is 41.7 Å². The van der Waals surface area contributed by atoms with Gasteiger partial charge in [-0.1, -0.05) is 73.9 Å². The van der Waals surface area contributed by atoms with Crippen LogP contribution >= 0.6 is 0 Å².